The molecule has 0 aliphatic rings. The van der Waals surface area contributed by atoms with Crippen molar-refractivity contribution in [2.24, 2.45) is 0 Å². The number of aromatic nitrogens is 4. The Hall–Kier alpha value is -1.46. The maximum Gasteiger partial charge on any atom is 0.314 e. The Balaban J connectivity index is 2.64. The molecule has 0 amide bonds. The van der Waals surface area contributed by atoms with Crippen molar-refractivity contribution in [2.75, 3.05) is 0 Å². The molecule has 1 N–H and O–H groups in total. The van der Waals surface area contributed by atoms with E-state index in [1.54, 1.807) is 11.6 Å². The van der Waals surface area contributed by atoms with Gasteiger partial charge in [0, 0.05) is 6.54 Å². The van der Waals surface area contributed by atoms with Gasteiger partial charge in [0.15, 0.2) is 5.82 Å². The van der Waals surface area contributed by atoms with Crippen molar-refractivity contribution in [1.82, 2.24) is 20.2 Å². The van der Waals surface area contributed by atoms with Crippen molar-refractivity contribution in [1.29, 1.82) is 0 Å². The average molecular weight is 212 g/mol. The number of carbonyl (C=O) groups is 1. The highest BCUT2D eigenvalue weighted by atomic mass is 16.4. The number of aliphatic carboxylic acids is 1. The van der Waals surface area contributed by atoms with Gasteiger partial charge in [-0.05, 0) is 23.8 Å². The number of aryl methyl sites for hydroxylation is 1. The molecule has 1 atom stereocenters. The summed E-state index contributed by atoms with van der Waals surface area (Å²) in [5.41, 5.74) is 0. The summed E-state index contributed by atoms with van der Waals surface area (Å²) in [5.74, 6) is -1.12. The van der Waals surface area contributed by atoms with Crippen LogP contribution in [-0.4, -0.2) is 31.3 Å². The van der Waals surface area contributed by atoms with Crippen molar-refractivity contribution in [3.05, 3.63) is 5.82 Å². The van der Waals surface area contributed by atoms with E-state index >= 15 is 0 Å². The zero-order valence-corrected chi connectivity index (χ0v) is 9.05. The van der Waals surface area contributed by atoms with Crippen LogP contribution in [0.3, 0.4) is 0 Å². The first-order valence-electron chi connectivity index (χ1n) is 5.15. The molecule has 0 aliphatic carbocycles. The molecular formula is C9H16N4O2. The van der Waals surface area contributed by atoms with Crippen LogP contribution in [0.25, 0.3) is 0 Å². The van der Waals surface area contributed by atoms with Gasteiger partial charge in [0.05, 0.1) is 0 Å². The van der Waals surface area contributed by atoms with Gasteiger partial charge in [0.1, 0.15) is 5.92 Å². The molecule has 6 nitrogen and oxygen atoms in total. The van der Waals surface area contributed by atoms with Crippen LogP contribution in [0.4, 0.5) is 0 Å². The Morgan fingerprint density at radius 3 is 2.87 bits per heavy atom. The molecule has 1 aromatic heterocycles. The van der Waals surface area contributed by atoms with Crippen molar-refractivity contribution < 1.29 is 9.90 Å². The van der Waals surface area contributed by atoms with E-state index in [9.17, 15) is 4.79 Å². The number of tetrazole rings is 1. The lowest BCUT2D eigenvalue weighted by molar-refractivity contribution is -0.138. The third-order valence-electron chi connectivity index (χ3n) is 2.29. The Morgan fingerprint density at radius 1 is 1.53 bits per heavy atom. The fraction of sp³-hybridized carbons (Fsp3) is 0.778. The Bertz CT molecular complexity index is 324. The van der Waals surface area contributed by atoms with Crippen molar-refractivity contribution in [3.8, 4) is 0 Å². The molecule has 0 radical (unpaired) electrons. The smallest absolute Gasteiger partial charge is 0.314 e. The minimum Gasteiger partial charge on any atom is -0.481 e. The van der Waals surface area contributed by atoms with Crippen LogP contribution in [0.5, 0.6) is 0 Å². The van der Waals surface area contributed by atoms with E-state index in [4.69, 9.17) is 5.11 Å². The van der Waals surface area contributed by atoms with Gasteiger partial charge in [-0.3, -0.25) is 4.79 Å². The first-order valence-corrected chi connectivity index (χ1v) is 5.15. The van der Waals surface area contributed by atoms with E-state index < -0.39 is 11.9 Å². The van der Waals surface area contributed by atoms with Crippen LogP contribution in [0.2, 0.25) is 0 Å². The SMILES string of the molecule is CCCCCn1nnnc1C(C)C(=O)O. The number of hydrogen-bond donors (Lipinski definition) is 1. The quantitative estimate of drug-likeness (QED) is 0.713. The largest absolute Gasteiger partial charge is 0.481 e. The second-order valence-corrected chi connectivity index (χ2v) is 3.53. The summed E-state index contributed by atoms with van der Waals surface area (Å²) in [7, 11) is 0. The zero-order valence-electron chi connectivity index (χ0n) is 9.05. The molecule has 1 aromatic rings. The van der Waals surface area contributed by atoms with Crippen LogP contribution in [0.15, 0.2) is 0 Å². The maximum absolute atomic E-state index is 10.8. The lowest BCUT2D eigenvalue weighted by atomic mass is 10.1. The summed E-state index contributed by atoms with van der Waals surface area (Å²) in [4.78, 5) is 10.8. The molecule has 0 aliphatic heterocycles. The van der Waals surface area contributed by atoms with Crippen LogP contribution in [0.1, 0.15) is 44.9 Å². The first kappa shape index (κ1) is 11.6. The van der Waals surface area contributed by atoms with Crippen LogP contribution in [0, 0.1) is 0 Å². The summed E-state index contributed by atoms with van der Waals surface area (Å²) in [6.07, 6.45) is 3.19. The van der Waals surface area contributed by atoms with Gasteiger partial charge in [0.2, 0.25) is 0 Å². The minimum absolute atomic E-state index is 0.429. The van der Waals surface area contributed by atoms with Gasteiger partial charge >= 0.3 is 5.97 Å². The number of unbranched alkanes of at least 4 members (excludes halogenated alkanes) is 2. The van der Waals surface area contributed by atoms with Crippen molar-refractivity contribution >= 4 is 5.97 Å². The second-order valence-electron chi connectivity index (χ2n) is 3.53. The fourth-order valence-corrected chi connectivity index (χ4v) is 1.30. The molecule has 0 saturated carbocycles. The summed E-state index contributed by atoms with van der Waals surface area (Å²) < 4.78 is 1.58. The molecule has 1 unspecified atom stereocenters. The summed E-state index contributed by atoms with van der Waals surface area (Å²) >= 11 is 0. The van der Waals surface area contributed by atoms with Gasteiger partial charge in [-0.15, -0.1) is 5.10 Å². The third-order valence-corrected chi connectivity index (χ3v) is 2.29. The minimum atomic E-state index is -0.901. The van der Waals surface area contributed by atoms with Crippen molar-refractivity contribution in [2.45, 2.75) is 45.6 Å². The Kier molecular flexibility index (Phi) is 4.20. The van der Waals surface area contributed by atoms with Gasteiger partial charge < -0.3 is 5.11 Å². The standard InChI is InChI=1S/C9H16N4O2/c1-3-4-5-6-13-8(10-11-12-13)7(2)9(14)15/h7H,3-6H2,1-2H3,(H,14,15). The molecule has 0 bridgehead atoms. The molecule has 1 heterocycles. The van der Waals surface area contributed by atoms with Gasteiger partial charge in [-0.25, -0.2) is 4.68 Å². The van der Waals surface area contributed by atoms with Gasteiger partial charge in [-0.1, -0.05) is 19.8 Å². The molecule has 0 aromatic carbocycles. The molecule has 1 rings (SSSR count). The second kappa shape index (κ2) is 5.43. The molecule has 6 heteroatoms. The predicted molar refractivity (Wildman–Crippen MR) is 53.4 cm³/mol. The molecule has 0 fully saturated rings. The topological polar surface area (TPSA) is 80.9 Å². The number of nitrogens with zero attached hydrogens (tertiary/aromatic N) is 4. The number of rotatable bonds is 6. The lowest BCUT2D eigenvalue weighted by Gasteiger charge is -2.06. The van der Waals surface area contributed by atoms with Gasteiger partial charge in [-0.2, -0.15) is 0 Å². The summed E-state index contributed by atoms with van der Waals surface area (Å²) in [5, 5.41) is 19.9. The normalized spacial score (nSPS) is 12.7. The molecule has 0 spiro atoms. The van der Waals surface area contributed by atoms with E-state index in [1.807, 2.05) is 0 Å². The zero-order chi connectivity index (χ0) is 11.3. The van der Waals surface area contributed by atoms with Crippen LogP contribution < -0.4 is 0 Å². The highest BCUT2D eigenvalue weighted by Gasteiger charge is 2.20. The van der Waals surface area contributed by atoms with Gasteiger partial charge in [0.25, 0.3) is 0 Å². The van der Waals surface area contributed by atoms with E-state index in [1.165, 1.54) is 0 Å². The molecular weight excluding hydrogens is 196 g/mol. The highest BCUT2D eigenvalue weighted by molar-refractivity contribution is 5.74. The predicted octanol–water partition coefficient (Wildman–Crippen LogP) is 1.05. The third kappa shape index (κ3) is 3.00. The van der Waals surface area contributed by atoms with E-state index in [0.29, 0.717) is 12.4 Å². The molecule has 84 valence electrons. The Labute approximate surface area is 88.3 Å². The molecule has 15 heavy (non-hydrogen) atoms. The highest BCUT2D eigenvalue weighted by Crippen LogP contribution is 2.11. The van der Waals surface area contributed by atoms with E-state index in [2.05, 4.69) is 22.4 Å². The van der Waals surface area contributed by atoms with Crippen molar-refractivity contribution in [3.63, 3.8) is 0 Å². The fourth-order valence-electron chi connectivity index (χ4n) is 1.30. The number of hydrogen-bond acceptors (Lipinski definition) is 4. The van der Waals surface area contributed by atoms with Crippen LogP contribution >= 0.6 is 0 Å². The Morgan fingerprint density at radius 2 is 2.27 bits per heavy atom. The monoisotopic (exact) mass is 212 g/mol. The van der Waals surface area contributed by atoms with Crippen LogP contribution in [-0.2, 0) is 11.3 Å². The number of carboxylic acid groups (broad SMARTS) is 1. The van der Waals surface area contributed by atoms with E-state index in [-0.39, 0.29) is 0 Å². The number of carboxylic acids is 1. The summed E-state index contributed by atoms with van der Waals surface area (Å²) in [6.45, 7) is 4.39. The first-order chi connectivity index (χ1) is 7.16. The lowest BCUT2D eigenvalue weighted by Crippen LogP contribution is -2.15. The maximum atomic E-state index is 10.8. The van der Waals surface area contributed by atoms with E-state index in [0.717, 1.165) is 19.3 Å². The average Bonchev–Trinajstić information content (AvgIpc) is 2.65. The molecule has 0 saturated heterocycles. The summed E-state index contributed by atoms with van der Waals surface area (Å²) in [6, 6.07) is 0.